The van der Waals surface area contributed by atoms with Gasteiger partial charge in [0.1, 0.15) is 18.2 Å². The van der Waals surface area contributed by atoms with Crippen LogP contribution in [0.5, 0.6) is 5.75 Å². The van der Waals surface area contributed by atoms with Crippen molar-refractivity contribution in [3.05, 3.63) is 88.5 Å². The lowest BCUT2D eigenvalue weighted by molar-refractivity contribution is -0.125. The monoisotopic (exact) mass is 468 g/mol. The average molecular weight is 469 g/mol. The molecule has 0 bridgehead atoms. The second kappa shape index (κ2) is 10.1. The van der Waals surface area contributed by atoms with Crippen LogP contribution in [0.4, 0.5) is 14.6 Å². The Hall–Kier alpha value is -3.59. The molecule has 1 saturated heterocycles. The van der Waals surface area contributed by atoms with E-state index in [0.29, 0.717) is 23.7 Å². The van der Waals surface area contributed by atoms with Crippen LogP contribution in [-0.2, 0) is 11.4 Å². The van der Waals surface area contributed by atoms with E-state index in [-0.39, 0.29) is 31.0 Å². The van der Waals surface area contributed by atoms with E-state index in [1.54, 1.807) is 24.0 Å². The largest absolute Gasteiger partial charge is 0.487 e. The van der Waals surface area contributed by atoms with Gasteiger partial charge in [-0.25, -0.2) is 13.8 Å². The van der Waals surface area contributed by atoms with Crippen LogP contribution in [-0.4, -0.2) is 45.8 Å². The zero-order valence-corrected chi connectivity index (χ0v) is 18.7. The van der Waals surface area contributed by atoms with Gasteiger partial charge in [-0.15, -0.1) is 0 Å². The molecule has 1 amide bonds. The third-order valence-corrected chi connectivity index (χ3v) is 6.03. The topological polar surface area (TPSA) is 87.3 Å². The Morgan fingerprint density at radius 1 is 1.24 bits per heavy atom. The summed E-state index contributed by atoms with van der Waals surface area (Å²) in [6.07, 6.45) is 2.47. The minimum Gasteiger partial charge on any atom is -0.487 e. The van der Waals surface area contributed by atoms with Crippen LogP contribution >= 0.6 is 0 Å². The van der Waals surface area contributed by atoms with Crippen LogP contribution in [0.3, 0.4) is 0 Å². The Kier molecular flexibility index (Phi) is 7.02. The van der Waals surface area contributed by atoms with Gasteiger partial charge in [-0.05, 0) is 30.2 Å². The van der Waals surface area contributed by atoms with Crippen molar-refractivity contribution < 1.29 is 18.3 Å². The number of carbonyl (C=O) groups is 1. The SMILES string of the molecule is CC(C(=O)Nc1ccc(OCc2ccccc2)cn1)N1CCC(F)(F)[C@@H](c2ccc(=O)[nH]c2)C1. The first-order valence-corrected chi connectivity index (χ1v) is 11.1. The first-order chi connectivity index (χ1) is 16.3. The van der Waals surface area contributed by atoms with E-state index in [1.807, 2.05) is 30.3 Å². The predicted molar refractivity (Wildman–Crippen MR) is 124 cm³/mol. The molecule has 2 N–H and O–H groups in total. The minimum atomic E-state index is -2.93. The van der Waals surface area contributed by atoms with Gasteiger partial charge in [0.15, 0.2) is 0 Å². The van der Waals surface area contributed by atoms with Crippen LogP contribution in [0.25, 0.3) is 0 Å². The maximum Gasteiger partial charge on any atom is 0.257 e. The summed E-state index contributed by atoms with van der Waals surface area (Å²) in [4.78, 5) is 32.5. The number of H-pyrrole nitrogens is 1. The summed E-state index contributed by atoms with van der Waals surface area (Å²) in [5.74, 6) is -3.47. The first-order valence-electron chi connectivity index (χ1n) is 11.1. The summed E-state index contributed by atoms with van der Waals surface area (Å²) in [6, 6.07) is 15.1. The molecular formula is C25H26F2N4O3. The summed E-state index contributed by atoms with van der Waals surface area (Å²) in [6.45, 7) is 2.16. The zero-order chi connectivity index (χ0) is 24.1. The third-order valence-electron chi connectivity index (χ3n) is 6.03. The molecule has 0 saturated carbocycles. The van der Waals surface area contributed by atoms with Crippen molar-refractivity contribution in [3.8, 4) is 5.75 Å². The first kappa shape index (κ1) is 23.6. The molecule has 1 fully saturated rings. The number of anilines is 1. The van der Waals surface area contributed by atoms with Gasteiger partial charge in [0, 0.05) is 31.8 Å². The van der Waals surface area contributed by atoms with Crippen molar-refractivity contribution in [1.29, 1.82) is 0 Å². The van der Waals surface area contributed by atoms with E-state index in [9.17, 15) is 18.4 Å². The van der Waals surface area contributed by atoms with Crippen molar-refractivity contribution in [1.82, 2.24) is 14.9 Å². The Morgan fingerprint density at radius 2 is 2.03 bits per heavy atom. The Bertz CT molecular complexity index is 1150. The number of aromatic nitrogens is 2. The number of pyridine rings is 2. The van der Waals surface area contributed by atoms with Crippen LogP contribution in [0.15, 0.2) is 71.8 Å². The van der Waals surface area contributed by atoms with Gasteiger partial charge in [0.05, 0.1) is 18.2 Å². The second-order valence-corrected chi connectivity index (χ2v) is 8.36. The summed E-state index contributed by atoms with van der Waals surface area (Å²) in [5.41, 5.74) is 1.02. The van der Waals surface area contributed by atoms with Crippen molar-refractivity contribution in [2.24, 2.45) is 0 Å². The predicted octanol–water partition coefficient (Wildman–Crippen LogP) is 3.80. The van der Waals surface area contributed by atoms with Crippen LogP contribution < -0.4 is 15.6 Å². The van der Waals surface area contributed by atoms with Crippen LogP contribution in [0.2, 0.25) is 0 Å². The number of alkyl halides is 2. The fraction of sp³-hybridized carbons (Fsp3) is 0.320. The molecule has 0 radical (unpaired) electrons. The van der Waals surface area contributed by atoms with Crippen LogP contribution in [0.1, 0.15) is 30.4 Å². The highest BCUT2D eigenvalue weighted by Gasteiger charge is 2.46. The number of piperidine rings is 1. The molecule has 2 atom stereocenters. The van der Waals surface area contributed by atoms with Gasteiger partial charge in [0.25, 0.3) is 5.92 Å². The number of benzene rings is 1. The Morgan fingerprint density at radius 3 is 2.71 bits per heavy atom. The molecule has 3 aromatic rings. The lowest BCUT2D eigenvalue weighted by atomic mass is 9.87. The van der Waals surface area contributed by atoms with Gasteiger partial charge < -0.3 is 15.0 Å². The van der Waals surface area contributed by atoms with Crippen molar-refractivity contribution in [2.45, 2.75) is 37.8 Å². The number of carbonyl (C=O) groups excluding carboxylic acids is 1. The molecule has 1 unspecified atom stereocenters. The molecule has 0 aliphatic carbocycles. The molecule has 34 heavy (non-hydrogen) atoms. The van der Waals surface area contributed by atoms with E-state index in [4.69, 9.17) is 4.74 Å². The number of amides is 1. The number of nitrogens with one attached hydrogen (secondary N) is 2. The molecule has 2 aromatic heterocycles. The average Bonchev–Trinajstić information content (AvgIpc) is 2.84. The quantitative estimate of drug-likeness (QED) is 0.551. The number of hydrogen-bond donors (Lipinski definition) is 2. The van der Waals surface area contributed by atoms with E-state index in [2.05, 4.69) is 15.3 Å². The van der Waals surface area contributed by atoms with Gasteiger partial charge >= 0.3 is 0 Å². The number of likely N-dealkylation sites (tertiary alicyclic amines) is 1. The number of nitrogens with zero attached hydrogens (tertiary/aromatic N) is 2. The molecule has 1 aliphatic rings. The summed E-state index contributed by atoms with van der Waals surface area (Å²) in [7, 11) is 0. The third kappa shape index (κ3) is 5.66. The summed E-state index contributed by atoms with van der Waals surface area (Å²) in [5, 5.41) is 2.74. The molecule has 178 valence electrons. The molecule has 4 rings (SSSR count). The second-order valence-electron chi connectivity index (χ2n) is 8.36. The smallest absolute Gasteiger partial charge is 0.257 e. The molecular weight excluding hydrogens is 442 g/mol. The zero-order valence-electron chi connectivity index (χ0n) is 18.7. The van der Waals surface area contributed by atoms with Gasteiger partial charge in [0.2, 0.25) is 11.5 Å². The normalized spacial score (nSPS) is 18.7. The van der Waals surface area contributed by atoms with Crippen molar-refractivity contribution in [2.75, 3.05) is 18.4 Å². The lowest BCUT2D eigenvalue weighted by Crippen LogP contribution is -2.52. The fourth-order valence-corrected chi connectivity index (χ4v) is 3.94. The highest BCUT2D eigenvalue weighted by atomic mass is 19.3. The fourth-order valence-electron chi connectivity index (χ4n) is 3.94. The molecule has 1 aromatic carbocycles. The van der Waals surface area contributed by atoms with Gasteiger partial charge in [-0.3, -0.25) is 14.5 Å². The number of aromatic amines is 1. The summed E-state index contributed by atoms with van der Waals surface area (Å²) < 4.78 is 34.9. The Labute approximate surface area is 195 Å². The van der Waals surface area contributed by atoms with Crippen molar-refractivity contribution in [3.63, 3.8) is 0 Å². The molecule has 1 aliphatic heterocycles. The number of halogens is 2. The van der Waals surface area contributed by atoms with E-state index >= 15 is 0 Å². The highest BCUT2D eigenvalue weighted by molar-refractivity contribution is 5.93. The Balaban J connectivity index is 1.35. The van der Waals surface area contributed by atoms with E-state index in [1.165, 1.54) is 24.5 Å². The molecule has 3 heterocycles. The van der Waals surface area contributed by atoms with Crippen LogP contribution in [0, 0.1) is 0 Å². The van der Waals surface area contributed by atoms with Gasteiger partial charge in [-0.1, -0.05) is 36.4 Å². The standard InChI is InChI=1S/C25H26F2N4O3/c1-17(31-12-11-25(26,27)21(15-31)19-7-10-23(32)29-13-19)24(33)30-22-9-8-20(14-28-22)34-16-18-5-3-2-4-6-18/h2-10,13-14,17,21H,11-12,15-16H2,1H3,(H,29,32)(H,28,30,33)/t17?,21-/m1/s1. The van der Waals surface area contributed by atoms with E-state index in [0.717, 1.165) is 5.56 Å². The maximum atomic E-state index is 14.6. The lowest BCUT2D eigenvalue weighted by Gasteiger charge is -2.40. The molecule has 0 spiro atoms. The molecule has 7 nitrogen and oxygen atoms in total. The number of hydrogen-bond acceptors (Lipinski definition) is 5. The van der Waals surface area contributed by atoms with E-state index < -0.39 is 17.9 Å². The maximum absolute atomic E-state index is 14.6. The highest BCUT2D eigenvalue weighted by Crippen LogP contribution is 2.40. The molecule has 9 heteroatoms. The number of rotatable bonds is 7. The number of ether oxygens (including phenoxy) is 1. The summed E-state index contributed by atoms with van der Waals surface area (Å²) >= 11 is 0. The van der Waals surface area contributed by atoms with Gasteiger partial charge in [-0.2, -0.15) is 0 Å². The van der Waals surface area contributed by atoms with Crippen molar-refractivity contribution >= 4 is 11.7 Å². The minimum absolute atomic E-state index is 0.00662.